The maximum atomic E-state index is 12.1. The first-order valence-electron chi connectivity index (χ1n) is 5.81. The van der Waals surface area contributed by atoms with Crippen molar-refractivity contribution in [1.82, 2.24) is 4.98 Å². The summed E-state index contributed by atoms with van der Waals surface area (Å²) in [7, 11) is 0. The van der Waals surface area contributed by atoms with Crippen LogP contribution in [0.4, 0.5) is 5.69 Å². The first-order valence-corrected chi connectivity index (χ1v) is 7.07. The third kappa shape index (κ3) is 3.36. The monoisotopic (exact) mass is 305 g/mol. The lowest BCUT2D eigenvalue weighted by Gasteiger charge is -2.07. The Morgan fingerprint density at radius 2 is 2.35 bits per heavy atom. The van der Waals surface area contributed by atoms with Gasteiger partial charge < -0.3 is 11.1 Å². The van der Waals surface area contributed by atoms with Gasteiger partial charge in [0.15, 0.2) is 0 Å². The molecule has 2 aromatic rings. The number of halogens is 1. The van der Waals surface area contributed by atoms with Gasteiger partial charge in [-0.15, -0.1) is 11.3 Å². The van der Waals surface area contributed by atoms with Gasteiger partial charge in [0.05, 0.1) is 28.5 Å². The Morgan fingerprint density at radius 1 is 1.55 bits per heavy atom. The van der Waals surface area contributed by atoms with Crippen LogP contribution < -0.4 is 11.1 Å². The van der Waals surface area contributed by atoms with Crippen LogP contribution in [0, 0.1) is 18.8 Å². The lowest BCUT2D eigenvalue weighted by molar-refractivity contribution is 0.103. The zero-order valence-electron chi connectivity index (χ0n) is 10.7. The van der Waals surface area contributed by atoms with Gasteiger partial charge in [0.1, 0.15) is 4.88 Å². The van der Waals surface area contributed by atoms with Crippen LogP contribution in [0.25, 0.3) is 0 Å². The van der Waals surface area contributed by atoms with Crippen LogP contribution in [-0.4, -0.2) is 17.4 Å². The third-order valence-electron chi connectivity index (χ3n) is 2.50. The van der Waals surface area contributed by atoms with Crippen molar-refractivity contribution in [2.75, 3.05) is 11.9 Å². The number of rotatable bonds is 2. The quantitative estimate of drug-likeness (QED) is 0.838. The topological polar surface area (TPSA) is 68.0 Å². The summed E-state index contributed by atoms with van der Waals surface area (Å²) in [4.78, 5) is 16.7. The second-order valence-corrected chi connectivity index (χ2v) is 5.18. The molecule has 0 bridgehead atoms. The summed E-state index contributed by atoms with van der Waals surface area (Å²) < 4.78 is 0. The number of amides is 1. The molecule has 0 aliphatic rings. The maximum absolute atomic E-state index is 12.1. The van der Waals surface area contributed by atoms with Gasteiger partial charge in [0.25, 0.3) is 5.91 Å². The van der Waals surface area contributed by atoms with Crippen molar-refractivity contribution >= 4 is 34.5 Å². The number of nitrogens with zero attached hydrogens (tertiary/aromatic N) is 1. The van der Waals surface area contributed by atoms with E-state index in [9.17, 15) is 4.79 Å². The van der Waals surface area contributed by atoms with E-state index in [1.54, 1.807) is 30.6 Å². The lowest BCUT2D eigenvalue weighted by Crippen LogP contribution is -2.12. The number of carbonyl (C=O) groups excluding carboxylic acids is 1. The summed E-state index contributed by atoms with van der Waals surface area (Å²) in [5.41, 5.74) is 8.93. The van der Waals surface area contributed by atoms with Crippen LogP contribution in [0.5, 0.6) is 0 Å². The minimum absolute atomic E-state index is 0.226. The van der Waals surface area contributed by atoms with Gasteiger partial charge in [-0.2, -0.15) is 0 Å². The number of carbonyl (C=O) groups is 1. The number of benzene rings is 1. The van der Waals surface area contributed by atoms with Crippen molar-refractivity contribution < 1.29 is 4.79 Å². The number of aromatic nitrogens is 1. The molecule has 0 saturated heterocycles. The summed E-state index contributed by atoms with van der Waals surface area (Å²) >= 11 is 7.37. The number of nitrogens with one attached hydrogen (secondary N) is 1. The average Bonchev–Trinajstić information content (AvgIpc) is 2.86. The molecular formula is C14H12ClN3OS. The van der Waals surface area contributed by atoms with E-state index in [1.807, 2.05) is 0 Å². The van der Waals surface area contributed by atoms with Crippen molar-refractivity contribution in [2.45, 2.75) is 6.92 Å². The standard InChI is InChI=1S/C14H12ClN3OS/c1-9-13(20-8-17-9)14(19)18-12-7-10(3-2-6-16)4-5-11(12)15/h4-5,7-8H,6,16H2,1H3,(H,18,19). The Labute approximate surface area is 126 Å². The van der Waals surface area contributed by atoms with Crippen molar-refractivity contribution in [1.29, 1.82) is 0 Å². The molecule has 0 atom stereocenters. The van der Waals surface area contributed by atoms with E-state index >= 15 is 0 Å². The fourth-order valence-corrected chi connectivity index (χ4v) is 2.41. The number of thiazole rings is 1. The Hall–Kier alpha value is -1.87. The zero-order valence-corrected chi connectivity index (χ0v) is 12.3. The highest BCUT2D eigenvalue weighted by molar-refractivity contribution is 7.12. The fourth-order valence-electron chi connectivity index (χ4n) is 1.55. The molecule has 1 amide bonds. The summed E-state index contributed by atoms with van der Waals surface area (Å²) in [5, 5.41) is 3.23. The van der Waals surface area contributed by atoms with E-state index in [-0.39, 0.29) is 12.5 Å². The van der Waals surface area contributed by atoms with Crippen LogP contribution in [-0.2, 0) is 0 Å². The van der Waals surface area contributed by atoms with Gasteiger partial charge in [-0.05, 0) is 25.1 Å². The second-order valence-electron chi connectivity index (χ2n) is 3.92. The van der Waals surface area contributed by atoms with Crippen molar-refractivity contribution in [3.05, 3.63) is 44.9 Å². The molecule has 0 aliphatic heterocycles. The van der Waals surface area contributed by atoms with Crippen molar-refractivity contribution in [2.24, 2.45) is 5.73 Å². The Kier molecular flexibility index (Phi) is 4.74. The van der Waals surface area contributed by atoms with E-state index < -0.39 is 0 Å². The molecule has 2 rings (SSSR count). The van der Waals surface area contributed by atoms with Gasteiger partial charge in [0.2, 0.25) is 0 Å². The van der Waals surface area contributed by atoms with E-state index in [0.717, 1.165) is 5.56 Å². The Morgan fingerprint density at radius 3 is 3.00 bits per heavy atom. The number of nitrogens with two attached hydrogens (primary N) is 1. The molecule has 1 heterocycles. The number of anilines is 1. The first kappa shape index (κ1) is 14.5. The largest absolute Gasteiger partial charge is 0.320 e. The van der Waals surface area contributed by atoms with Crippen LogP contribution in [0.2, 0.25) is 5.02 Å². The van der Waals surface area contributed by atoms with Crippen LogP contribution in [0.3, 0.4) is 0 Å². The molecule has 0 aliphatic carbocycles. The summed E-state index contributed by atoms with van der Waals surface area (Å²) in [6, 6.07) is 5.19. The van der Waals surface area contributed by atoms with E-state index in [1.165, 1.54) is 11.3 Å². The zero-order chi connectivity index (χ0) is 14.5. The van der Waals surface area contributed by atoms with Crippen LogP contribution in [0.15, 0.2) is 23.7 Å². The highest BCUT2D eigenvalue weighted by Crippen LogP contribution is 2.24. The number of hydrogen-bond acceptors (Lipinski definition) is 4. The van der Waals surface area contributed by atoms with Gasteiger partial charge in [-0.25, -0.2) is 4.98 Å². The van der Waals surface area contributed by atoms with Gasteiger partial charge in [0, 0.05) is 5.56 Å². The SMILES string of the molecule is Cc1ncsc1C(=O)Nc1cc(C#CCN)ccc1Cl. The van der Waals surface area contributed by atoms with Crippen molar-refractivity contribution in [3.63, 3.8) is 0 Å². The number of aryl methyl sites for hydroxylation is 1. The highest BCUT2D eigenvalue weighted by Gasteiger charge is 2.13. The average molecular weight is 306 g/mol. The van der Waals surface area contributed by atoms with E-state index in [4.69, 9.17) is 17.3 Å². The lowest BCUT2D eigenvalue weighted by atomic mass is 10.2. The molecule has 0 unspecified atom stereocenters. The molecule has 102 valence electrons. The molecule has 1 aromatic carbocycles. The molecule has 20 heavy (non-hydrogen) atoms. The molecule has 6 heteroatoms. The highest BCUT2D eigenvalue weighted by atomic mass is 35.5. The van der Waals surface area contributed by atoms with E-state index in [2.05, 4.69) is 22.1 Å². The summed E-state index contributed by atoms with van der Waals surface area (Å²) in [6.45, 7) is 2.07. The molecule has 1 aromatic heterocycles. The first-order chi connectivity index (χ1) is 9.61. The van der Waals surface area contributed by atoms with Gasteiger partial charge >= 0.3 is 0 Å². The predicted molar refractivity (Wildman–Crippen MR) is 82.2 cm³/mol. The van der Waals surface area contributed by atoms with Crippen LogP contribution >= 0.6 is 22.9 Å². The fraction of sp³-hybridized carbons (Fsp3) is 0.143. The second kappa shape index (κ2) is 6.53. The molecule has 0 radical (unpaired) electrons. The van der Waals surface area contributed by atoms with Crippen LogP contribution in [0.1, 0.15) is 20.9 Å². The summed E-state index contributed by atoms with van der Waals surface area (Å²) in [5.74, 6) is 5.43. The van der Waals surface area contributed by atoms with Gasteiger partial charge in [-0.1, -0.05) is 23.4 Å². The predicted octanol–water partition coefficient (Wildman–Crippen LogP) is 2.67. The molecule has 0 spiro atoms. The summed E-state index contributed by atoms with van der Waals surface area (Å²) in [6.07, 6.45) is 0. The normalized spacial score (nSPS) is 9.75. The number of hydrogen-bond donors (Lipinski definition) is 2. The molecule has 0 fully saturated rings. The molecule has 3 N–H and O–H groups in total. The third-order valence-corrected chi connectivity index (χ3v) is 3.76. The maximum Gasteiger partial charge on any atom is 0.267 e. The Bertz CT molecular complexity index is 700. The van der Waals surface area contributed by atoms with Crippen molar-refractivity contribution in [3.8, 4) is 11.8 Å². The minimum Gasteiger partial charge on any atom is -0.320 e. The van der Waals surface area contributed by atoms with Gasteiger partial charge in [-0.3, -0.25) is 4.79 Å². The Balaban J connectivity index is 2.25. The molecule has 0 saturated carbocycles. The smallest absolute Gasteiger partial charge is 0.267 e. The molecular weight excluding hydrogens is 294 g/mol. The molecule has 4 nitrogen and oxygen atoms in total. The minimum atomic E-state index is -0.226. The van der Waals surface area contributed by atoms with E-state index in [0.29, 0.717) is 21.3 Å².